The summed E-state index contributed by atoms with van der Waals surface area (Å²) in [6.07, 6.45) is 7.00. The fraction of sp³-hybridized carbons (Fsp3) is 0.333. The molecule has 10 nitrogen and oxygen atoms in total. The second-order valence-electron chi connectivity index (χ2n) is 10.4. The van der Waals surface area contributed by atoms with Crippen LogP contribution in [-0.2, 0) is 4.79 Å². The summed E-state index contributed by atoms with van der Waals surface area (Å²) < 4.78 is 31.3. The molecule has 2 N–H and O–H groups in total. The molecule has 0 saturated carbocycles. The number of carbonyl (C=O) groups is 2. The molecule has 0 spiro atoms. The van der Waals surface area contributed by atoms with Crippen LogP contribution in [0.2, 0.25) is 0 Å². The Hall–Kier alpha value is -4.29. The van der Waals surface area contributed by atoms with Crippen LogP contribution in [0.3, 0.4) is 0 Å². The Balaban J connectivity index is 0.00000368. The van der Waals surface area contributed by atoms with Crippen LogP contribution >= 0.6 is 12.4 Å². The third-order valence-corrected chi connectivity index (χ3v) is 7.76. The van der Waals surface area contributed by atoms with Crippen LogP contribution in [0.4, 0.5) is 20.3 Å². The zero-order valence-corrected chi connectivity index (χ0v) is 24.3. The van der Waals surface area contributed by atoms with E-state index in [1.165, 1.54) is 12.1 Å². The molecule has 4 aromatic rings. The lowest BCUT2D eigenvalue weighted by molar-refractivity contribution is -0.134. The molecule has 1 atom stereocenters. The first-order valence-corrected chi connectivity index (χ1v) is 13.9. The zero-order valence-electron chi connectivity index (χ0n) is 23.5. The monoisotopic (exact) mass is 611 g/mol. The fourth-order valence-electron chi connectivity index (χ4n) is 5.56. The maximum atomic E-state index is 13.3. The molecule has 4 heterocycles. The average Bonchev–Trinajstić information content (AvgIpc) is 3.68. The molecule has 2 fully saturated rings. The van der Waals surface area contributed by atoms with Crippen LogP contribution < -0.4 is 15.4 Å². The summed E-state index contributed by atoms with van der Waals surface area (Å²) >= 11 is 0. The Kier molecular flexibility index (Phi) is 9.07. The van der Waals surface area contributed by atoms with E-state index in [-0.39, 0.29) is 36.0 Å². The van der Waals surface area contributed by atoms with Crippen LogP contribution in [-0.4, -0.2) is 81.4 Å². The number of piperazine rings is 1. The zero-order chi connectivity index (χ0) is 29.2. The van der Waals surface area contributed by atoms with E-state index in [0.717, 1.165) is 41.9 Å². The molecule has 13 heteroatoms. The molecule has 2 aliphatic rings. The van der Waals surface area contributed by atoms with E-state index in [1.807, 2.05) is 33.3 Å². The molecule has 1 unspecified atom stereocenters. The third kappa shape index (κ3) is 6.40. The van der Waals surface area contributed by atoms with Crippen LogP contribution in [0.5, 0.6) is 5.75 Å². The Morgan fingerprint density at radius 3 is 2.47 bits per heavy atom. The highest BCUT2D eigenvalue weighted by atomic mass is 35.5. The minimum absolute atomic E-state index is 0. The molecule has 2 aromatic heterocycles. The van der Waals surface area contributed by atoms with E-state index in [0.29, 0.717) is 43.2 Å². The molecule has 43 heavy (non-hydrogen) atoms. The van der Waals surface area contributed by atoms with Gasteiger partial charge >= 0.3 is 6.61 Å². The molecule has 6 rings (SSSR count). The van der Waals surface area contributed by atoms with Crippen molar-refractivity contribution >= 4 is 41.4 Å². The summed E-state index contributed by atoms with van der Waals surface area (Å²) in [6.45, 7) is 1.99. The van der Waals surface area contributed by atoms with Crippen LogP contribution in [0, 0.1) is 6.92 Å². The number of anilines is 2. The van der Waals surface area contributed by atoms with Gasteiger partial charge in [0.25, 0.3) is 5.91 Å². The molecule has 2 amide bonds. The fourth-order valence-corrected chi connectivity index (χ4v) is 5.56. The van der Waals surface area contributed by atoms with Gasteiger partial charge in [0.15, 0.2) is 11.5 Å². The highest BCUT2D eigenvalue weighted by molar-refractivity contribution is 5.96. The van der Waals surface area contributed by atoms with Crippen molar-refractivity contribution in [2.75, 3.05) is 38.0 Å². The van der Waals surface area contributed by atoms with Gasteiger partial charge in [-0.1, -0.05) is 0 Å². The second-order valence-corrected chi connectivity index (χ2v) is 10.4. The number of carbonyl (C=O) groups excluding carboxylic acids is 2. The van der Waals surface area contributed by atoms with Crippen molar-refractivity contribution in [2.45, 2.75) is 32.4 Å². The van der Waals surface area contributed by atoms with Crippen LogP contribution in [0.25, 0.3) is 16.9 Å². The Bertz CT molecular complexity index is 1600. The van der Waals surface area contributed by atoms with E-state index in [4.69, 9.17) is 0 Å². The van der Waals surface area contributed by atoms with E-state index in [9.17, 15) is 18.4 Å². The molecule has 0 aliphatic carbocycles. The number of hydrogen-bond acceptors (Lipinski definition) is 7. The van der Waals surface area contributed by atoms with Gasteiger partial charge in [0.05, 0.1) is 17.9 Å². The predicted molar refractivity (Wildman–Crippen MR) is 160 cm³/mol. The van der Waals surface area contributed by atoms with Crippen molar-refractivity contribution in [1.82, 2.24) is 29.5 Å². The maximum absolute atomic E-state index is 13.3. The number of aryl methyl sites for hydroxylation is 1. The van der Waals surface area contributed by atoms with Gasteiger partial charge in [-0.3, -0.25) is 14.0 Å². The number of alkyl halides is 2. The highest BCUT2D eigenvalue weighted by Crippen LogP contribution is 2.28. The van der Waals surface area contributed by atoms with Gasteiger partial charge in [0, 0.05) is 55.4 Å². The van der Waals surface area contributed by atoms with E-state index in [2.05, 4.69) is 25.3 Å². The Morgan fingerprint density at radius 2 is 1.79 bits per heavy atom. The molecule has 0 bridgehead atoms. The summed E-state index contributed by atoms with van der Waals surface area (Å²) in [5, 5.41) is 6.56. The number of nitrogens with one attached hydrogen (secondary N) is 2. The molecule has 226 valence electrons. The number of benzene rings is 2. The standard InChI is InChI=1S/C30H31F2N7O3.ClH/c1-19-17-21(6-9-23(19)28(40)37-13-15-38(16-14-37)29(41)24-3-2-10-33-24)36-26-27-35-18-25(39(27)12-11-34-26)20-4-7-22(8-5-20)42-30(31)32;/h4-9,11-12,17-18,24,30,33H,2-3,10,13-16H2,1H3,(H,34,36);1H. The smallest absolute Gasteiger partial charge is 0.387 e. The maximum Gasteiger partial charge on any atom is 0.387 e. The molecule has 2 saturated heterocycles. The Morgan fingerprint density at radius 1 is 1.05 bits per heavy atom. The number of aromatic nitrogens is 3. The molecule has 2 aromatic carbocycles. The Labute approximate surface area is 253 Å². The number of fused-ring (bicyclic) bond motifs is 1. The van der Waals surface area contributed by atoms with Crippen LogP contribution in [0.1, 0.15) is 28.8 Å². The van der Waals surface area contributed by atoms with Crippen molar-refractivity contribution < 1.29 is 23.1 Å². The first kappa shape index (κ1) is 30.2. The van der Waals surface area contributed by atoms with Gasteiger partial charge in [-0.15, -0.1) is 12.4 Å². The SMILES string of the molecule is Cc1cc(Nc2nccn3c(-c4ccc(OC(F)F)cc4)cnc23)ccc1C(=O)N1CCN(C(=O)C2CCCN2)CC1.Cl. The second kappa shape index (κ2) is 12.9. The number of nitrogens with zero attached hydrogens (tertiary/aromatic N) is 5. The molecular formula is C30H32ClF2N7O3. The summed E-state index contributed by atoms with van der Waals surface area (Å²) in [6, 6.07) is 11.8. The number of halogens is 3. The molecule has 0 radical (unpaired) electrons. The summed E-state index contributed by atoms with van der Waals surface area (Å²) in [5.41, 5.74) is 4.31. The lowest BCUT2D eigenvalue weighted by Crippen LogP contribution is -2.54. The van der Waals surface area contributed by atoms with Gasteiger partial charge in [-0.05, 0) is 74.3 Å². The number of imidazole rings is 1. The quantitative estimate of drug-likeness (QED) is 0.317. The largest absolute Gasteiger partial charge is 0.435 e. The van der Waals surface area contributed by atoms with Gasteiger partial charge < -0.3 is 25.2 Å². The topological polar surface area (TPSA) is 104 Å². The van der Waals surface area contributed by atoms with Crippen molar-refractivity contribution in [3.05, 3.63) is 72.2 Å². The van der Waals surface area contributed by atoms with Gasteiger partial charge in [0.1, 0.15) is 5.75 Å². The molecule has 2 aliphatic heterocycles. The third-order valence-electron chi connectivity index (χ3n) is 7.76. The number of hydrogen-bond donors (Lipinski definition) is 2. The molecular weight excluding hydrogens is 580 g/mol. The van der Waals surface area contributed by atoms with Crippen molar-refractivity contribution in [3.8, 4) is 17.0 Å². The predicted octanol–water partition coefficient (Wildman–Crippen LogP) is 4.51. The van der Waals surface area contributed by atoms with Gasteiger partial charge in [0.2, 0.25) is 5.91 Å². The lowest BCUT2D eigenvalue weighted by Gasteiger charge is -2.36. The normalized spacial score (nSPS) is 16.8. The van der Waals surface area contributed by atoms with Crippen LogP contribution in [0.15, 0.2) is 61.1 Å². The van der Waals surface area contributed by atoms with Crippen molar-refractivity contribution in [2.24, 2.45) is 0 Å². The number of rotatable bonds is 7. The van der Waals surface area contributed by atoms with E-state index < -0.39 is 6.61 Å². The number of ether oxygens (including phenoxy) is 1. The van der Waals surface area contributed by atoms with Crippen molar-refractivity contribution in [1.29, 1.82) is 0 Å². The van der Waals surface area contributed by atoms with E-state index >= 15 is 0 Å². The lowest BCUT2D eigenvalue weighted by atomic mass is 10.1. The summed E-state index contributed by atoms with van der Waals surface area (Å²) in [7, 11) is 0. The minimum Gasteiger partial charge on any atom is -0.435 e. The number of amides is 2. The average molecular weight is 612 g/mol. The van der Waals surface area contributed by atoms with E-state index in [1.54, 1.807) is 36.8 Å². The van der Waals surface area contributed by atoms with Gasteiger partial charge in [-0.2, -0.15) is 8.78 Å². The van der Waals surface area contributed by atoms with Crippen molar-refractivity contribution in [3.63, 3.8) is 0 Å². The highest BCUT2D eigenvalue weighted by Gasteiger charge is 2.31. The van der Waals surface area contributed by atoms with Gasteiger partial charge in [-0.25, -0.2) is 9.97 Å². The first-order chi connectivity index (χ1) is 20.4. The summed E-state index contributed by atoms with van der Waals surface area (Å²) in [4.78, 5) is 38.7. The summed E-state index contributed by atoms with van der Waals surface area (Å²) in [5.74, 6) is 0.695. The first-order valence-electron chi connectivity index (χ1n) is 13.9. The minimum atomic E-state index is -2.88.